The number of benzene rings is 1. The fourth-order valence-corrected chi connectivity index (χ4v) is 4.34. The zero-order valence-electron chi connectivity index (χ0n) is 16.2. The van der Waals surface area contributed by atoms with Crippen LogP contribution in [-0.4, -0.2) is 51.6 Å². The van der Waals surface area contributed by atoms with Crippen molar-refractivity contribution >= 4 is 38.4 Å². The summed E-state index contributed by atoms with van der Waals surface area (Å²) in [6, 6.07) is 8.23. The average molecular weight is 381 g/mol. The minimum Gasteiger partial charge on any atom is -0.369 e. The Morgan fingerprint density at radius 2 is 1.96 bits per heavy atom. The molecule has 0 fully saturated rings. The zero-order valence-corrected chi connectivity index (χ0v) is 17.0. The molecule has 0 spiro atoms. The van der Waals surface area contributed by atoms with Gasteiger partial charge >= 0.3 is 0 Å². The molecule has 0 bridgehead atoms. The van der Waals surface area contributed by atoms with E-state index in [1.807, 2.05) is 12.1 Å². The fraction of sp³-hybridized carbons (Fsp3) is 0.350. The van der Waals surface area contributed by atoms with Crippen molar-refractivity contribution in [2.24, 2.45) is 0 Å². The Bertz CT molecular complexity index is 1060. The molecular formula is C20H24N6S. The molecule has 0 aliphatic heterocycles. The van der Waals surface area contributed by atoms with Crippen molar-refractivity contribution in [2.45, 2.75) is 20.3 Å². The van der Waals surface area contributed by atoms with Crippen LogP contribution in [0.15, 0.2) is 30.6 Å². The second-order valence-electron chi connectivity index (χ2n) is 7.01. The van der Waals surface area contributed by atoms with Gasteiger partial charge < -0.3 is 10.2 Å². The summed E-state index contributed by atoms with van der Waals surface area (Å²) in [5.41, 5.74) is 4.28. The topological polar surface area (TPSA) is 58.9 Å². The molecule has 7 heteroatoms. The molecule has 140 valence electrons. The number of aromatic nitrogens is 4. The summed E-state index contributed by atoms with van der Waals surface area (Å²) < 4.78 is 3.34. The van der Waals surface area contributed by atoms with Gasteiger partial charge in [-0.05, 0) is 58.6 Å². The van der Waals surface area contributed by atoms with Crippen LogP contribution in [0, 0.1) is 13.8 Å². The molecule has 0 saturated heterocycles. The van der Waals surface area contributed by atoms with E-state index < -0.39 is 0 Å². The maximum Gasteiger partial charge on any atom is 0.196 e. The summed E-state index contributed by atoms with van der Waals surface area (Å²) in [4.78, 5) is 16.1. The first-order chi connectivity index (χ1) is 13.1. The first-order valence-corrected chi connectivity index (χ1v) is 9.95. The van der Waals surface area contributed by atoms with Gasteiger partial charge in [0, 0.05) is 12.2 Å². The number of fused-ring (bicyclic) bond motifs is 2. The van der Waals surface area contributed by atoms with Crippen LogP contribution in [0.25, 0.3) is 26.4 Å². The Hall–Kier alpha value is -2.51. The van der Waals surface area contributed by atoms with Gasteiger partial charge in [-0.15, -0.1) is 0 Å². The Kier molecular flexibility index (Phi) is 4.80. The molecule has 1 aromatic carbocycles. The van der Waals surface area contributed by atoms with Gasteiger partial charge in [0.05, 0.1) is 15.6 Å². The molecule has 0 saturated carbocycles. The average Bonchev–Trinajstić information content (AvgIpc) is 3.18. The predicted octanol–water partition coefficient (Wildman–Crippen LogP) is 4.01. The summed E-state index contributed by atoms with van der Waals surface area (Å²) in [5.74, 6) is 0.902. The number of nitrogens with one attached hydrogen (secondary N) is 1. The van der Waals surface area contributed by atoms with Crippen LogP contribution in [0.2, 0.25) is 0 Å². The Labute approximate surface area is 162 Å². The summed E-state index contributed by atoms with van der Waals surface area (Å²) in [5, 5.41) is 5.53. The highest BCUT2D eigenvalue weighted by atomic mass is 32.1. The zero-order chi connectivity index (χ0) is 19.0. The van der Waals surface area contributed by atoms with E-state index in [2.05, 4.69) is 64.8 Å². The molecule has 3 aromatic heterocycles. The SMILES string of the molecule is Cc1c(C)n(-c2nc3ccccc3s2)c2ncnc(NCCCN(C)C)c12. The van der Waals surface area contributed by atoms with Crippen molar-refractivity contribution in [3.05, 3.63) is 41.9 Å². The van der Waals surface area contributed by atoms with Crippen LogP contribution in [0.1, 0.15) is 17.7 Å². The van der Waals surface area contributed by atoms with Crippen LogP contribution < -0.4 is 5.32 Å². The molecule has 1 N–H and O–H groups in total. The molecular weight excluding hydrogens is 356 g/mol. The molecule has 0 atom stereocenters. The first-order valence-electron chi connectivity index (χ1n) is 9.13. The van der Waals surface area contributed by atoms with E-state index in [4.69, 9.17) is 4.98 Å². The van der Waals surface area contributed by atoms with Gasteiger partial charge in [-0.1, -0.05) is 23.5 Å². The number of hydrogen-bond donors (Lipinski definition) is 1. The standard InChI is InChI=1S/C20H24N6S/c1-13-14(2)26(20-24-15-8-5-6-9-16(15)27-20)19-17(13)18(22-12-23-19)21-10-7-11-25(3)4/h5-6,8-9,12H,7,10-11H2,1-4H3,(H,21,22,23). The molecule has 0 aliphatic carbocycles. The monoisotopic (exact) mass is 380 g/mol. The third-order valence-electron chi connectivity index (χ3n) is 4.84. The highest BCUT2D eigenvalue weighted by Gasteiger charge is 2.19. The highest BCUT2D eigenvalue weighted by molar-refractivity contribution is 7.20. The molecule has 3 heterocycles. The Morgan fingerprint density at radius 3 is 2.74 bits per heavy atom. The molecule has 0 unspecified atom stereocenters. The van der Waals surface area contributed by atoms with E-state index in [0.29, 0.717) is 0 Å². The Morgan fingerprint density at radius 1 is 1.15 bits per heavy atom. The van der Waals surface area contributed by atoms with Gasteiger partial charge in [-0.3, -0.25) is 4.57 Å². The van der Waals surface area contributed by atoms with Crippen molar-refractivity contribution in [2.75, 3.05) is 32.5 Å². The summed E-state index contributed by atoms with van der Waals surface area (Å²) >= 11 is 1.69. The van der Waals surface area contributed by atoms with E-state index in [9.17, 15) is 0 Å². The number of rotatable bonds is 6. The number of para-hydroxylation sites is 1. The molecule has 0 amide bonds. The van der Waals surface area contributed by atoms with Crippen LogP contribution in [-0.2, 0) is 0 Å². The predicted molar refractivity (Wildman–Crippen MR) is 113 cm³/mol. The van der Waals surface area contributed by atoms with Crippen molar-refractivity contribution < 1.29 is 0 Å². The van der Waals surface area contributed by atoms with E-state index in [1.165, 1.54) is 10.3 Å². The van der Waals surface area contributed by atoms with E-state index in [-0.39, 0.29) is 0 Å². The van der Waals surface area contributed by atoms with Crippen molar-refractivity contribution in [1.82, 2.24) is 24.4 Å². The molecule has 6 nitrogen and oxygen atoms in total. The number of hydrogen-bond acceptors (Lipinski definition) is 6. The maximum atomic E-state index is 4.83. The second-order valence-corrected chi connectivity index (χ2v) is 8.02. The fourth-order valence-electron chi connectivity index (χ4n) is 3.32. The van der Waals surface area contributed by atoms with E-state index in [0.717, 1.165) is 52.7 Å². The number of anilines is 1. The number of thiazole rings is 1. The van der Waals surface area contributed by atoms with Gasteiger partial charge in [-0.25, -0.2) is 15.0 Å². The number of aryl methyl sites for hydroxylation is 1. The van der Waals surface area contributed by atoms with Gasteiger partial charge in [-0.2, -0.15) is 0 Å². The molecule has 4 aromatic rings. The van der Waals surface area contributed by atoms with E-state index >= 15 is 0 Å². The summed E-state index contributed by atoms with van der Waals surface area (Å²) in [7, 11) is 4.18. The molecule has 27 heavy (non-hydrogen) atoms. The van der Waals surface area contributed by atoms with Crippen LogP contribution in [0.5, 0.6) is 0 Å². The van der Waals surface area contributed by atoms with Crippen LogP contribution in [0.3, 0.4) is 0 Å². The lowest BCUT2D eigenvalue weighted by Crippen LogP contribution is -2.16. The number of nitrogens with zero attached hydrogens (tertiary/aromatic N) is 5. The lowest BCUT2D eigenvalue weighted by Gasteiger charge is -2.11. The minimum atomic E-state index is 0.884. The van der Waals surface area contributed by atoms with Crippen LogP contribution in [0.4, 0.5) is 5.82 Å². The molecule has 0 aliphatic rings. The smallest absolute Gasteiger partial charge is 0.196 e. The Balaban J connectivity index is 1.76. The molecule has 4 rings (SSSR count). The summed E-state index contributed by atoms with van der Waals surface area (Å²) in [6.07, 6.45) is 2.70. The quantitative estimate of drug-likeness (QED) is 0.512. The van der Waals surface area contributed by atoms with Gasteiger partial charge in [0.25, 0.3) is 0 Å². The largest absolute Gasteiger partial charge is 0.369 e. The lowest BCUT2D eigenvalue weighted by atomic mass is 10.2. The first kappa shape index (κ1) is 17.9. The van der Waals surface area contributed by atoms with Gasteiger partial charge in [0.2, 0.25) is 0 Å². The van der Waals surface area contributed by atoms with Crippen LogP contribution >= 0.6 is 11.3 Å². The third-order valence-corrected chi connectivity index (χ3v) is 5.86. The summed E-state index contributed by atoms with van der Waals surface area (Å²) in [6.45, 7) is 6.19. The minimum absolute atomic E-state index is 0.884. The van der Waals surface area contributed by atoms with Gasteiger partial charge in [0.1, 0.15) is 12.1 Å². The second kappa shape index (κ2) is 7.25. The highest BCUT2D eigenvalue weighted by Crippen LogP contribution is 2.34. The maximum absolute atomic E-state index is 4.83. The molecule has 0 radical (unpaired) electrons. The third kappa shape index (κ3) is 3.28. The van der Waals surface area contributed by atoms with Crippen molar-refractivity contribution in [1.29, 1.82) is 0 Å². The van der Waals surface area contributed by atoms with Gasteiger partial charge in [0.15, 0.2) is 10.8 Å². The van der Waals surface area contributed by atoms with Crippen molar-refractivity contribution in [3.8, 4) is 5.13 Å². The normalized spacial score (nSPS) is 11.7. The van der Waals surface area contributed by atoms with Crippen molar-refractivity contribution in [3.63, 3.8) is 0 Å². The van der Waals surface area contributed by atoms with E-state index in [1.54, 1.807) is 17.7 Å². The lowest BCUT2D eigenvalue weighted by molar-refractivity contribution is 0.405.